The lowest BCUT2D eigenvalue weighted by molar-refractivity contribution is -0.212. The van der Waals surface area contributed by atoms with E-state index in [9.17, 15) is 9.59 Å². The van der Waals surface area contributed by atoms with Gasteiger partial charge >= 0.3 is 11.9 Å². The summed E-state index contributed by atoms with van der Waals surface area (Å²) >= 11 is 0. The normalized spacial score (nSPS) is 50.4. The third-order valence-corrected chi connectivity index (χ3v) is 13.8. The summed E-state index contributed by atoms with van der Waals surface area (Å²) in [5.41, 5.74) is 2.22. The molecule has 0 unspecified atom stereocenters. The van der Waals surface area contributed by atoms with Gasteiger partial charge in [0.25, 0.3) is 0 Å². The highest BCUT2D eigenvalue weighted by Gasteiger charge is 2.68. The van der Waals surface area contributed by atoms with Crippen LogP contribution in [0.25, 0.3) is 0 Å². The molecule has 0 aromatic rings. The molecule has 5 rings (SSSR count). The maximum atomic E-state index is 12.9. The van der Waals surface area contributed by atoms with Gasteiger partial charge in [-0.2, -0.15) is 0 Å². The van der Waals surface area contributed by atoms with E-state index in [4.69, 9.17) is 9.47 Å². The third-order valence-electron chi connectivity index (χ3n) is 13.8. The zero-order valence-corrected chi connectivity index (χ0v) is 25.1. The van der Waals surface area contributed by atoms with E-state index in [0.717, 1.165) is 38.5 Å². The summed E-state index contributed by atoms with van der Waals surface area (Å²) in [6.07, 6.45) is 13.9. The van der Waals surface area contributed by atoms with Gasteiger partial charge in [-0.15, -0.1) is 0 Å². The lowest BCUT2D eigenvalue weighted by Gasteiger charge is -2.71. The fraction of sp³-hybridized carbons (Fsp3) is 0.879. The van der Waals surface area contributed by atoms with Crippen molar-refractivity contribution >= 4 is 11.9 Å². The van der Waals surface area contributed by atoms with Gasteiger partial charge < -0.3 is 9.47 Å². The average Bonchev–Trinajstić information content (AvgIpc) is 2.82. The van der Waals surface area contributed by atoms with Crippen LogP contribution in [0.2, 0.25) is 0 Å². The Balaban J connectivity index is 1.52. The molecule has 9 atom stereocenters. The molecule has 0 radical (unpaired) electrons. The third kappa shape index (κ3) is 3.58. The highest BCUT2D eigenvalue weighted by Crippen LogP contribution is 2.75. The zero-order chi connectivity index (χ0) is 27.2. The van der Waals surface area contributed by atoms with Gasteiger partial charge in [-0.05, 0) is 111 Å². The van der Waals surface area contributed by atoms with Crippen LogP contribution in [-0.4, -0.2) is 25.2 Å². The highest BCUT2D eigenvalue weighted by atomic mass is 16.5. The molecular formula is C33H52O4. The number of allylic oxidation sites excluding steroid dienone is 2. The monoisotopic (exact) mass is 512 g/mol. The van der Waals surface area contributed by atoms with Crippen LogP contribution >= 0.6 is 0 Å². The summed E-state index contributed by atoms with van der Waals surface area (Å²) in [6, 6.07) is 0. The summed E-state index contributed by atoms with van der Waals surface area (Å²) in [5, 5.41) is 0. The van der Waals surface area contributed by atoms with Gasteiger partial charge in [-0.25, -0.2) is 0 Å². The minimum Gasteiger partial charge on any atom is -0.469 e. The van der Waals surface area contributed by atoms with Gasteiger partial charge in [0.2, 0.25) is 0 Å². The number of esters is 2. The number of hydrogen-bond donors (Lipinski definition) is 0. The molecule has 0 aromatic carbocycles. The lowest BCUT2D eigenvalue weighted by Crippen LogP contribution is -2.64. The molecule has 0 heterocycles. The van der Waals surface area contributed by atoms with Crippen molar-refractivity contribution in [3.8, 4) is 0 Å². The van der Waals surface area contributed by atoms with Crippen molar-refractivity contribution in [3.05, 3.63) is 11.6 Å². The molecule has 4 nitrogen and oxygen atoms in total. The first-order valence-electron chi connectivity index (χ1n) is 15.0. The van der Waals surface area contributed by atoms with Crippen LogP contribution in [0.15, 0.2) is 11.6 Å². The molecule has 5 aliphatic rings. The summed E-state index contributed by atoms with van der Waals surface area (Å²) in [5.74, 6) is 1.48. The number of ether oxygens (including phenoxy) is 2. The molecule has 0 bridgehead atoms. The molecular weight excluding hydrogens is 460 g/mol. The summed E-state index contributed by atoms with van der Waals surface area (Å²) in [6.45, 7) is 18.7. The van der Waals surface area contributed by atoms with E-state index in [1.54, 1.807) is 19.6 Å². The van der Waals surface area contributed by atoms with E-state index in [-0.39, 0.29) is 50.5 Å². The van der Waals surface area contributed by atoms with E-state index < -0.39 is 0 Å². The van der Waals surface area contributed by atoms with Gasteiger partial charge in [-0.1, -0.05) is 53.2 Å². The van der Waals surface area contributed by atoms with Crippen molar-refractivity contribution < 1.29 is 19.1 Å². The maximum Gasteiger partial charge on any atom is 0.311 e. The number of rotatable bonds is 2. The van der Waals surface area contributed by atoms with Crippen molar-refractivity contribution in [2.24, 2.45) is 50.2 Å². The second kappa shape index (κ2) is 8.34. The molecule has 37 heavy (non-hydrogen) atoms. The Kier molecular flexibility index (Phi) is 6.14. The molecule has 0 amide bonds. The minimum atomic E-state index is -0.376. The van der Waals surface area contributed by atoms with Crippen molar-refractivity contribution in [2.75, 3.05) is 7.11 Å². The standard InChI is InChI=1S/C33H52O4/c1-21(34)37-26-13-14-31(6)24(28(26,2)3)12-15-33(8)25(31)11-10-22-23-20-30(5,27(35)36-9)17-16-29(23,4)18-19-32(22,33)7/h10,23-26H,11-20H2,1-9H3/t23-,24-,25+,26-,29+,30+,31-,32+,33+/m0/s1. The quantitative estimate of drug-likeness (QED) is 0.279. The van der Waals surface area contributed by atoms with Crippen molar-refractivity contribution in [2.45, 2.75) is 126 Å². The van der Waals surface area contributed by atoms with E-state index in [2.05, 4.69) is 54.5 Å². The predicted molar refractivity (Wildman–Crippen MR) is 147 cm³/mol. The van der Waals surface area contributed by atoms with Gasteiger partial charge in [-0.3, -0.25) is 9.59 Å². The Morgan fingerprint density at radius 3 is 2.19 bits per heavy atom. The van der Waals surface area contributed by atoms with Crippen LogP contribution in [0.4, 0.5) is 0 Å². The molecule has 4 heteroatoms. The highest BCUT2D eigenvalue weighted by molar-refractivity contribution is 5.76. The van der Waals surface area contributed by atoms with Gasteiger partial charge in [0.1, 0.15) is 6.10 Å². The largest absolute Gasteiger partial charge is 0.469 e. The summed E-state index contributed by atoms with van der Waals surface area (Å²) < 4.78 is 11.2. The second-order valence-corrected chi connectivity index (χ2v) is 15.7. The van der Waals surface area contributed by atoms with Gasteiger partial charge in [0.05, 0.1) is 12.5 Å². The lowest BCUT2D eigenvalue weighted by atomic mass is 9.33. The second-order valence-electron chi connectivity index (χ2n) is 15.7. The van der Waals surface area contributed by atoms with Crippen LogP contribution in [-0.2, 0) is 19.1 Å². The molecule has 0 aromatic heterocycles. The van der Waals surface area contributed by atoms with E-state index in [1.807, 2.05) is 0 Å². The van der Waals surface area contributed by atoms with E-state index in [1.165, 1.54) is 25.7 Å². The average molecular weight is 513 g/mol. The topological polar surface area (TPSA) is 52.6 Å². The molecule has 4 saturated carbocycles. The van der Waals surface area contributed by atoms with E-state index in [0.29, 0.717) is 17.8 Å². The Bertz CT molecular complexity index is 1010. The van der Waals surface area contributed by atoms with E-state index >= 15 is 0 Å². The van der Waals surface area contributed by atoms with Crippen molar-refractivity contribution in [3.63, 3.8) is 0 Å². The Labute approximate surface area is 225 Å². The van der Waals surface area contributed by atoms with Crippen LogP contribution in [0.3, 0.4) is 0 Å². The fourth-order valence-electron chi connectivity index (χ4n) is 11.2. The summed E-state index contributed by atoms with van der Waals surface area (Å²) in [4.78, 5) is 24.8. The molecule has 0 N–H and O–H groups in total. The molecule has 208 valence electrons. The van der Waals surface area contributed by atoms with Crippen molar-refractivity contribution in [1.82, 2.24) is 0 Å². The fourth-order valence-corrected chi connectivity index (χ4v) is 11.2. The minimum absolute atomic E-state index is 0.0122. The zero-order valence-electron chi connectivity index (χ0n) is 25.1. The molecule has 0 aliphatic heterocycles. The first kappa shape index (κ1) is 27.3. The molecule has 0 saturated heterocycles. The SMILES string of the molecule is COC(=O)[C@]1(C)CC[C@]2(C)CC[C@]3(C)C(=CC[C@@H]4[C@@]5(C)CC[C@H](OC(C)=O)C(C)(C)[C@@H]5CC[C@]43C)[C@@H]2C1. The predicted octanol–water partition coefficient (Wildman–Crippen LogP) is 7.89. The van der Waals surface area contributed by atoms with Crippen LogP contribution < -0.4 is 0 Å². The van der Waals surface area contributed by atoms with Gasteiger partial charge in [0.15, 0.2) is 0 Å². The Morgan fingerprint density at radius 1 is 0.865 bits per heavy atom. The number of methoxy groups -OCH3 is 1. The van der Waals surface area contributed by atoms with Crippen LogP contribution in [0.1, 0.15) is 120 Å². The smallest absolute Gasteiger partial charge is 0.311 e. The van der Waals surface area contributed by atoms with Crippen LogP contribution in [0.5, 0.6) is 0 Å². The maximum absolute atomic E-state index is 12.9. The Hall–Kier alpha value is -1.32. The van der Waals surface area contributed by atoms with Crippen LogP contribution in [0, 0.1) is 50.2 Å². The number of fused-ring (bicyclic) bond motifs is 7. The molecule has 0 spiro atoms. The first-order chi connectivity index (χ1) is 17.1. The van der Waals surface area contributed by atoms with Crippen molar-refractivity contribution in [1.29, 1.82) is 0 Å². The Morgan fingerprint density at radius 2 is 1.54 bits per heavy atom. The first-order valence-corrected chi connectivity index (χ1v) is 15.0. The molecule has 4 fully saturated rings. The molecule has 5 aliphatic carbocycles. The number of carbonyl (C=O) groups excluding carboxylic acids is 2. The summed E-state index contributed by atoms with van der Waals surface area (Å²) in [7, 11) is 1.55. The number of hydrogen-bond acceptors (Lipinski definition) is 4. The van der Waals surface area contributed by atoms with Gasteiger partial charge in [0, 0.05) is 12.3 Å². The number of carbonyl (C=O) groups is 2.